The number of halogens is 3. The van der Waals surface area contributed by atoms with Crippen molar-refractivity contribution in [2.45, 2.75) is 25.1 Å². The second kappa shape index (κ2) is 7.60. The molecule has 0 spiro atoms. The third kappa shape index (κ3) is 4.23. The molecule has 10 heteroatoms. The molecule has 0 unspecified atom stereocenters. The van der Waals surface area contributed by atoms with Crippen LogP contribution in [0, 0.1) is 10.1 Å². The van der Waals surface area contributed by atoms with Gasteiger partial charge in [0.2, 0.25) is 0 Å². The number of aromatic amines is 1. The number of likely N-dealkylation sites (tertiary alicyclic amines) is 1. The number of aromatic nitrogens is 2. The predicted molar refractivity (Wildman–Crippen MR) is 104 cm³/mol. The molecule has 0 atom stereocenters. The first-order valence-corrected chi connectivity index (χ1v) is 9.41. The van der Waals surface area contributed by atoms with Crippen molar-refractivity contribution in [1.29, 1.82) is 0 Å². The second-order valence-electron chi connectivity index (χ2n) is 7.41. The Morgan fingerprint density at radius 2 is 1.93 bits per heavy atom. The van der Waals surface area contributed by atoms with Crippen molar-refractivity contribution >= 4 is 16.7 Å². The number of ether oxygens (including phenoxy) is 1. The van der Waals surface area contributed by atoms with Crippen molar-refractivity contribution in [2.75, 3.05) is 20.1 Å². The number of nitrogens with zero attached hydrogens (tertiary/aromatic N) is 3. The van der Waals surface area contributed by atoms with Gasteiger partial charge in [0.15, 0.2) is 0 Å². The monoisotopic (exact) mass is 420 g/mol. The number of hydrogen-bond donors (Lipinski definition) is 1. The Kier molecular flexibility index (Phi) is 5.10. The molecule has 0 bridgehead atoms. The van der Waals surface area contributed by atoms with Gasteiger partial charge in [-0.1, -0.05) is 0 Å². The number of imidazole rings is 1. The highest BCUT2D eigenvalue weighted by atomic mass is 19.4. The van der Waals surface area contributed by atoms with Crippen LogP contribution in [-0.4, -0.2) is 46.0 Å². The summed E-state index contributed by atoms with van der Waals surface area (Å²) in [5, 5.41) is 11.0. The van der Waals surface area contributed by atoms with Crippen molar-refractivity contribution in [3.8, 4) is 17.1 Å². The maximum Gasteiger partial charge on any atom is 0.416 e. The van der Waals surface area contributed by atoms with Crippen LogP contribution >= 0.6 is 0 Å². The molecule has 2 aromatic carbocycles. The van der Waals surface area contributed by atoms with Crippen molar-refractivity contribution in [3.63, 3.8) is 0 Å². The number of non-ortho nitro benzene ring substituents is 1. The van der Waals surface area contributed by atoms with E-state index in [1.807, 2.05) is 7.05 Å². The first-order chi connectivity index (χ1) is 14.2. The number of fused-ring (bicyclic) bond motifs is 1. The van der Waals surface area contributed by atoms with Crippen LogP contribution in [0.5, 0.6) is 5.75 Å². The maximum atomic E-state index is 13.5. The summed E-state index contributed by atoms with van der Waals surface area (Å²) in [6.07, 6.45) is -3.24. The van der Waals surface area contributed by atoms with Crippen LogP contribution in [0.2, 0.25) is 0 Å². The molecule has 1 aliphatic heterocycles. The van der Waals surface area contributed by atoms with E-state index in [2.05, 4.69) is 14.9 Å². The molecule has 4 rings (SSSR count). The molecule has 0 saturated carbocycles. The number of nitrogens with one attached hydrogen (secondary N) is 1. The lowest BCUT2D eigenvalue weighted by atomic mass is 10.1. The third-order valence-electron chi connectivity index (χ3n) is 5.15. The molecule has 1 aliphatic rings. The zero-order chi connectivity index (χ0) is 21.5. The SMILES string of the molecule is CN1CCC(Oc2cc(-c3nc4ccc([N+](=O)[O-])cc4[nH]3)cc(C(F)(F)F)c2)CC1. The molecule has 7 nitrogen and oxygen atoms in total. The summed E-state index contributed by atoms with van der Waals surface area (Å²) in [4.78, 5) is 19.7. The number of piperidine rings is 1. The third-order valence-corrected chi connectivity index (χ3v) is 5.15. The minimum atomic E-state index is -4.55. The van der Waals surface area contributed by atoms with E-state index in [-0.39, 0.29) is 28.9 Å². The summed E-state index contributed by atoms with van der Waals surface area (Å²) in [6, 6.07) is 7.56. The smallest absolute Gasteiger partial charge is 0.416 e. The first-order valence-electron chi connectivity index (χ1n) is 9.41. The van der Waals surface area contributed by atoms with Gasteiger partial charge in [-0.15, -0.1) is 0 Å². The van der Waals surface area contributed by atoms with Gasteiger partial charge >= 0.3 is 6.18 Å². The van der Waals surface area contributed by atoms with E-state index in [4.69, 9.17) is 4.74 Å². The topological polar surface area (TPSA) is 84.3 Å². The lowest BCUT2D eigenvalue weighted by Gasteiger charge is -2.29. The highest BCUT2D eigenvalue weighted by molar-refractivity contribution is 5.81. The molecule has 1 N–H and O–H groups in total. The zero-order valence-corrected chi connectivity index (χ0v) is 16.1. The molecule has 0 aliphatic carbocycles. The summed E-state index contributed by atoms with van der Waals surface area (Å²) in [5.74, 6) is 0.311. The second-order valence-corrected chi connectivity index (χ2v) is 7.41. The summed E-state index contributed by atoms with van der Waals surface area (Å²) in [5.41, 5.74) is 0.0224. The van der Waals surface area contributed by atoms with Crippen LogP contribution in [-0.2, 0) is 6.18 Å². The molecular weight excluding hydrogens is 401 g/mol. The molecule has 0 radical (unpaired) electrons. The predicted octanol–water partition coefficient (Wildman–Crippen LogP) is 4.63. The molecule has 30 heavy (non-hydrogen) atoms. The minimum Gasteiger partial charge on any atom is -0.490 e. The first kappa shape index (κ1) is 20.1. The molecule has 2 heterocycles. The molecule has 3 aromatic rings. The van der Waals surface area contributed by atoms with Crippen LogP contribution in [0.3, 0.4) is 0 Å². The van der Waals surface area contributed by atoms with Gasteiger partial charge in [0.1, 0.15) is 17.7 Å². The maximum absolute atomic E-state index is 13.5. The Morgan fingerprint density at radius 3 is 2.60 bits per heavy atom. The van der Waals surface area contributed by atoms with Gasteiger partial charge in [-0.05, 0) is 44.2 Å². The number of alkyl halides is 3. The lowest BCUT2D eigenvalue weighted by Crippen LogP contribution is -2.35. The van der Waals surface area contributed by atoms with E-state index in [0.717, 1.165) is 38.1 Å². The van der Waals surface area contributed by atoms with Crippen LogP contribution in [0.15, 0.2) is 36.4 Å². The molecular formula is C20H19F3N4O3. The molecule has 0 amide bonds. The molecule has 1 saturated heterocycles. The molecule has 158 valence electrons. The average Bonchev–Trinajstić information content (AvgIpc) is 3.12. The van der Waals surface area contributed by atoms with Crippen LogP contribution < -0.4 is 4.74 Å². The summed E-state index contributed by atoms with van der Waals surface area (Å²) in [6.45, 7) is 1.64. The highest BCUT2D eigenvalue weighted by Gasteiger charge is 2.32. The summed E-state index contributed by atoms with van der Waals surface area (Å²) < 4.78 is 46.3. The Labute approximate surface area is 169 Å². The largest absolute Gasteiger partial charge is 0.490 e. The lowest BCUT2D eigenvalue weighted by molar-refractivity contribution is -0.384. The highest BCUT2D eigenvalue weighted by Crippen LogP contribution is 2.36. The van der Waals surface area contributed by atoms with E-state index in [1.54, 1.807) is 0 Å². The number of rotatable bonds is 4. The van der Waals surface area contributed by atoms with Crippen molar-refractivity contribution in [2.24, 2.45) is 0 Å². The summed E-state index contributed by atoms with van der Waals surface area (Å²) in [7, 11) is 1.99. The number of H-pyrrole nitrogens is 1. The van der Waals surface area contributed by atoms with Crippen molar-refractivity contribution in [1.82, 2.24) is 14.9 Å². The average molecular weight is 420 g/mol. The van der Waals surface area contributed by atoms with E-state index < -0.39 is 16.7 Å². The number of nitro groups is 1. The Morgan fingerprint density at radius 1 is 1.20 bits per heavy atom. The standard InChI is InChI=1S/C20H19F3N4O3/c1-26-6-4-15(5-7-26)30-16-9-12(8-13(10-16)20(21,22)23)19-24-17-3-2-14(27(28)29)11-18(17)25-19/h2-3,8-11,15H,4-7H2,1H3,(H,24,25). The molecule has 1 fully saturated rings. The Hall–Kier alpha value is -3.14. The van der Waals surface area contributed by atoms with Crippen LogP contribution in [0.25, 0.3) is 22.4 Å². The fraction of sp³-hybridized carbons (Fsp3) is 0.350. The van der Waals surface area contributed by atoms with Crippen LogP contribution in [0.4, 0.5) is 18.9 Å². The van der Waals surface area contributed by atoms with E-state index >= 15 is 0 Å². The Balaban J connectivity index is 1.71. The van der Waals surface area contributed by atoms with E-state index in [0.29, 0.717) is 11.0 Å². The van der Waals surface area contributed by atoms with Gasteiger partial charge in [0.05, 0.1) is 21.5 Å². The van der Waals surface area contributed by atoms with Crippen LogP contribution in [0.1, 0.15) is 18.4 Å². The van der Waals surface area contributed by atoms with Gasteiger partial charge in [-0.3, -0.25) is 10.1 Å². The van der Waals surface area contributed by atoms with Gasteiger partial charge in [-0.2, -0.15) is 13.2 Å². The molecule has 1 aromatic heterocycles. The fourth-order valence-electron chi connectivity index (χ4n) is 3.51. The van der Waals surface area contributed by atoms with Gasteiger partial charge in [0.25, 0.3) is 5.69 Å². The van der Waals surface area contributed by atoms with E-state index in [9.17, 15) is 23.3 Å². The zero-order valence-electron chi connectivity index (χ0n) is 16.1. The minimum absolute atomic E-state index is 0.126. The van der Waals surface area contributed by atoms with Gasteiger partial charge in [-0.25, -0.2) is 4.98 Å². The quantitative estimate of drug-likeness (QED) is 0.491. The van der Waals surface area contributed by atoms with Crippen molar-refractivity contribution < 1.29 is 22.8 Å². The van der Waals surface area contributed by atoms with E-state index in [1.165, 1.54) is 24.3 Å². The fourth-order valence-corrected chi connectivity index (χ4v) is 3.51. The van der Waals surface area contributed by atoms with Gasteiger partial charge < -0.3 is 14.6 Å². The normalized spacial score (nSPS) is 16.1. The summed E-state index contributed by atoms with van der Waals surface area (Å²) >= 11 is 0. The Bertz CT molecular complexity index is 1090. The number of benzene rings is 2. The number of nitro benzene ring substituents is 1. The van der Waals surface area contributed by atoms with Gasteiger partial charge in [0, 0.05) is 30.8 Å². The number of hydrogen-bond acceptors (Lipinski definition) is 5. The van der Waals surface area contributed by atoms with Crippen molar-refractivity contribution in [3.05, 3.63) is 52.1 Å².